The largest absolute Gasteiger partial charge is 0.381 e. The summed E-state index contributed by atoms with van der Waals surface area (Å²) in [5.41, 5.74) is 2.06. The average molecular weight is 490 g/mol. The van der Waals surface area contributed by atoms with Crippen LogP contribution in [0.2, 0.25) is 0 Å². The lowest BCUT2D eigenvalue weighted by atomic mass is 9.70. The van der Waals surface area contributed by atoms with Gasteiger partial charge in [-0.05, 0) is 43.4 Å². The molecule has 11 heteroatoms. The van der Waals surface area contributed by atoms with Gasteiger partial charge in [0, 0.05) is 55.4 Å². The van der Waals surface area contributed by atoms with Crippen LogP contribution in [0.3, 0.4) is 0 Å². The van der Waals surface area contributed by atoms with Crippen molar-refractivity contribution in [3.05, 3.63) is 41.3 Å². The minimum absolute atomic E-state index is 0.00551. The number of rotatable bonds is 4. The zero-order valence-electron chi connectivity index (χ0n) is 19.0. The third-order valence-electron chi connectivity index (χ3n) is 7.15. The second kappa shape index (κ2) is 8.86. The van der Waals surface area contributed by atoms with Crippen LogP contribution in [0.5, 0.6) is 0 Å². The van der Waals surface area contributed by atoms with Crippen molar-refractivity contribution in [1.29, 1.82) is 0 Å². The Morgan fingerprint density at radius 1 is 1.24 bits per heavy atom. The predicted molar refractivity (Wildman–Crippen MR) is 125 cm³/mol. The van der Waals surface area contributed by atoms with E-state index in [0.717, 1.165) is 24.6 Å². The molecule has 2 aromatic rings. The molecule has 1 spiro atoms. The molecule has 0 unspecified atom stereocenters. The molecule has 0 bridgehead atoms. The van der Waals surface area contributed by atoms with Gasteiger partial charge in [0.05, 0.1) is 12.5 Å². The summed E-state index contributed by atoms with van der Waals surface area (Å²) in [6.07, 6.45) is 5.16. The third-order valence-corrected chi connectivity index (χ3v) is 8.45. The highest BCUT2D eigenvalue weighted by Gasteiger charge is 2.41. The van der Waals surface area contributed by atoms with E-state index in [1.54, 1.807) is 12.1 Å². The van der Waals surface area contributed by atoms with Crippen LogP contribution in [0.1, 0.15) is 41.6 Å². The van der Waals surface area contributed by atoms with E-state index in [0.29, 0.717) is 62.8 Å². The number of fused-ring (bicyclic) bond motifs is 2. The summed E-state index contributed by atoms with van der Waals surface area (Å²) in [4.78, 5) is 21.0. The SMILES string of the molecule is CS(=O)(=O)N1CCC(Nc2ncc(F)c(-c3ccc4c(c3)C3(CCOCC3)CNC4=O)n2)CC1. The Balaban J connectivity index is 1.41. The fourth-order valence-corrected chi connectivity index (χ4v) is 6.00. The van der Waals surface area contributed by atoms with Gasteiger partial charge in [-0.1, -0.05) is 6.07 Å². The van der Waals surface area contributed by atoms with E-state index in [9.17, 15) is 17.6 Å². The van der Waals surface area contributed by atoms with Gasteiger partial charge in [0.2, 0.25) is 16.0 Å². The molecular weight excluding hydrogens is 461 g/mol. The second-order valence-corrected chi connectivity index (χ2v) is 11.3. The molecule has 4 heterocycles. The standard InChI is InChI=1S/C23H28FN5O4S/c1-34(31,32)29-8-4-16(5-9-29)27-22-25-13-19(24)20(28-22)15-2-3-17-18(12-15)23(14-26-21(17)30)6-10-33-11-7-23/h2-3,12-13,16H,4-11,14H2,1H3,(H,26,30)(H,25,27,28). The van der Waals surface area contributed by atoms with Gasteiger partial charge in [0.25, 0.3) is 5.91 Å². The number of hydrogen-bond donors (Lipinski definition) is 2. The number of sulfonamides is 1. The Hall–Kier alpha value is -2.63. The number of benzene rings is 1. The lowest BCUT2D eigenvalue weighted by Gasteiger charge is -2.41. The maximum Gasteiger partial charge on any atom is 0.251 e. The molecule has 0 saturated carbocycles. The molecule has 5 rings (SSSR count). The smallest absolute Gasteiger partial charge is 0.251 e. The number of hydrogen-bond acceptors (Lipinski definition) is 7. The van der Waals surface area contributed by atoms with Crippen LogP contribution in [0.15, 0.2) is 24.4 Å². The van der Waals surface area contributed by atoms with E-state index in [1.165, 1.54) is 10.6 Å². The topological polar surface area (TPSA) is 114 Å². The van der Waals surface area contributed by atoms with Crippen molar-refractivity contribution in [3.8, 4) is 11.3 Å². The van der Waals surface area contributed by atoms with E-state index in [2.05, 4.69) is 20.6 Å². The molecule has 1 amide bonds. The van der Waals surface area contributed by atoms with Crippen LogP contribution in [-0.4, -0.2) is 73.7 Å². The molecule has 1 aromatic heterocycles. The first kappa shape index (κ1) is 23.1. The summed E-state index contributed by atoms with van der Waals surface area (Å²) in [6.45, 7) is 2.62. The number of nitrogens with zero attached hydrogens (tertiary/aromatic N) is 3. The van der Waals surface area contributed by atoms with Crippen LogP contribution in [0.25, 0.3) is 11.3 Å². The second-order valence-electron chi connectivity index (χ2n) is 9.31. The molecule has 0 aliphatic carbocycles. The monoisotopic (exact) mass is 489 g/mol. The normalized spacial score (nSPS) is 21.2. The Kier molecular flexibility index (Phi) is 6.03. The lowest BCUT2D eigenvalue weighted by molar-refractivity contribution is 0.0455. The van der Waals surface area contributed by atoms with Crippen LogP contribution < -0.4 is 10.6 Å². The first-order chi connectivity index (χ1) is 16.2. The predicted octanol–water partition coefficient (Wildman–Crippen LogP) is 1.91. The highest BCUT2D eigenvalue weighted by atomic mass is 32.2. The molecule has 2 saturated heterocycles. The number of carbonyl (C=O) groups excluding carboxylic acids is 1. The summed E-state index contributed by atoms with van der Waals surface area (Å²) in [7, 11) is -3.21. The Bertz CT molecular complexity index is 1210. The van der Waals surface area contributed by atoms with E-state index in [1.807, 2.05) is 6.07 Å². The van der Waals surface area contributed by atoms with Gasteiger partial charge in [-0.15, -0.1) is 0 Å². The summed E-state index contributed by atoms with van der Waals surface area (Å²) in [5.74, 6) is -0.367. The van der Waals surface area contributed by atoms with Crippen LogP contribution in [0, 0.1) is 5.82 Å². The number of halogens is 1. The van der Waals surface area contributed by atoms with Crippen LogP contribution in [0.4, 0.5) is 10.3 Å². The van der Waals surface area contributed by atoms with Gasteiger partial charge in [-0.2, -0.15) is 0 Å². The van der Waals surface area contributed by atoms with Gasteiger partial charge in [0.15, 0.2) is 5.82 Å². The van der Waals surface area contributed by atoms with E-state index < -0.39 is 15.8 Å². The highest BCUT2D eigenvalue weighted by molar-refractivity contribution is 7.88. The fourth-order valence-electron chi connectivity index (χ4n) is 5.13. The number of aromatic nitrogens is 2. The maximum atomic E-state index is 14.8. The van der Waals surface area contributed by atoms with Crippen molar-refractivity contribution in [2.24, 2.45) is 0 Å². The molecule has 2 N–H and O–H groups in total. The van der Waals surface area contributed by atoms with Gasteiger partial charge in [-0.25, -0.2) is 27.1 Å². The highest BCUT2D eigenvalue weighted by Crippen LogP contribution is 2.40. The molecule has 34 heavy (non-hydrogen) atoms. The van der Waals surface area contributed by atoms with Crippen molar-refractivity contribution in [2.75, 3.05) is 44.4 Å². The van der Waals surface area contributed by atoms with Crippen molar-refractivity contribution in [2.45, 2.75) is 37.1 Å². The number of piperidine rings is 1. The summed E-state index contributed by atoms with van der Waals surface area (Å²) in [5, 5.41) is 6.22. The lowest BCUT2D eigenvalue weighted by Crippen LogP contribution is -2.49. The van der Waals surface area contributed by atoms with Gasteiger partial charge < -0.3 is 15.4 Å². The summed E-state index contributed by atoms with van der Waals surface area (Å²) < 4.78 is 45.3. The van der Waals surface area contributed by atoms with Gasteiger partial charge >= 0.3 is 0 Å². The van der Waals surface area contributed by atoms with Crippen LogP contribution in [-0.2, 0) is 20.2 Å². The zero-order valence-corrected chi connectivity index (χ0v) is 19.8. The third kappa shape index (κ3) is 4.39. The first-order valence-corrected chi connectivity index (χ1v) is 13.4. The summed E-state index contributed by atoms with van der Waals surface area (Å²) in [6, 6.07) is 5.34. The number of anilines is 1. The molecule has 0 radical (unpaired) electrons. The van der Waals surface area contributed by atoms with Crippen LogP contribution >= 0.6 is 0 Å². The quantitative estimate of drug-likeness (QED) is 0.674. The molecular formula is C23H28FN5O4S. The van der Waals surface area contributed by atoms with Crippen molar-refractivity contribution < 1.29 is 22.3 Å². The van der Waals surface area contributed by atoms with Crippen molar-refractivity contribution >= 4 is 21.9 Å². The van der Waals surface area contributed by atoms with E-state index in [-0.39, 0.29) is 23.1 Å². The van der Waals surface area contributed by atoms with E-state index in [4.69, 9.17) is 4.74 Å². The molecule has 3 aliphatic heterocycles. The summed E-state index contributed by atoms with van der Waals surface area (Å²) >= 11 is 0. The van der Waals surface area contributed by atoms with Gasteiger partial charge in [-0.3, -0.25) is 4.79 Å². The average Bonchev–Trinajstić information content (AvgIpc) is 2.83. The van der Waals surface area contributed by atoms with E-state index >= 15 is 0 Å². The number of ether oxygens (including phenoxy) is 1. The molecule has 0 atom stereocenters. The Labute approximate surface area is 198 Å². The Morgan fingerprint density at radius 2 is 1.97 bits per heavy atom. The number of nitrogens with one attached hydrogen (secondary N) is 2. The minimum atomic E-state index is -3.21. The molecule has 182 valence electrons. The Morgan fingerprint density at radius 3 is 2.68 bits per heavy atom. The van der Waals surface area contributed by atoms with Crippen molar-refractivity contribution in [1.82, 2.24) is 19.6 Å². The molecule has 9 nitrogen and oxygen atoms in total. The van der Waals surface area contributed by atoms with Gasteiger partial charge in [0.1, 0.15) is 5.69 Å². The molecule has 1 aromatic carbocycles. The zero-order chi connectivity index (χ0) is 23.9. The number of amides is 1. The minimum Gasteiger partial charge on any atom is -0.381 e. The maximum absolute atomic E-state index is 14.8. The molecule has 2 fully saturated rings. The fraction of sp³-hybridized carbons (Fsp3) is 0.522. The molecule has 3 aliphatic rings. The van der Waals surface area contributed by atoms with Crippen molar-refractivity contribution in [3.63, 3.8) is 0 Å². The first-order valence-electron chi connectivity index (χ1n) is 11.5. The number of carbonyl (C=O) groups is 1.